The Balaban J connectivity index is 2.12. The minimum atomic E-state index is -2.65. The maximum Gasteiger partial charge on any atom is 0.333 e. The Morgan fingerprint density at radius 3 is 2.48 bits per heavy atom. The molecule has 2 aromatic rings. The molecule has 1 N–H and O–H groups in total. The van der Waals surface area contributed by atoms with Gasteiger partial charge in [0.1, 0.15) is 0 Å². The Morgan fingerprint density at radius 2 is 1.83 bits per heavy atom. The van der Waals surface area contributed by atoms with Crippen LogP contribution in [0.2, 0.25) is 0 Å². The van der Waals surface area contributed by atoms with Crippen LogP contribution in [-0.2, 0) is 27.3 Å². The molecule has 5 nitrogen and oxygen atoms in total. The van der Waals surface area contributed by atoms with Crippen molar-refractivity contribution in [2.24, 2.45) is 0 Å². The molecule has 0 radical (unpaired) electrons. The largest absolute Gasteiger partial charge is 0.758 e. The molecule has 7 heteroatoms. The van der Waals surface area contributed by atoms with Gasteiger partial charge in [0.2, 0.25) is 0 Å². The van der Waals surface area contributed by atoms with E-state index in [0.29, 0.717) is 12.8 Å². The minimum Gasteiger partial charge on any atom is -0.758 e. The van der Waals surface area contributed by atoms with E-state index in [-0.39, 0.29) is 0 Å². The SMILES string of the molecule is O=C(ONS(=O)[O-])C(CCc1ccccc1Br)c1ccccc1. The first-order valence-electron chi connectivity index (χ1n) is 6.92. The number of rotatable bonds is 7. The lowest BCUT2D eigenvalue weighted by atomic mass is 9.92. The monoisotopic (exact) mass is 396 g/mol. The quantitative estimate of drug-likeness (QED) is 0.576. The number of hydrogen-bond acceptors (Lipinski definition) is 4. The predicted molar refractivity (Wildman–Crippen MR) is 89.8 cm³/mol. The molecule has 2 aromatic carbocycles. The molecule has 122 valence electrons. The summed E-state index contributed by atoms with van der Waals surface area (Å²) in [7, 11) is 0. The lowest BCUT2D eigenvalue weighted by Gasteiger charge is -2.17. The fourth-order valence-electron chi connectivity index (χ4n) is 2.25. The Kier molecular flexibility index (Phi) is 6.91. The van der Waals surface area contributed by atoms with Gasteiger partial charge in [0.05, 0.1) is 17.2 Å². The molecule has 23 heavy (non-hydrogen) atoms. The van der Waals surface area contributed by atoms with Gasteiger partial charge >= 0.3 is 5.97 Å². The van der Waals surface area contributed by atoms with E-state index in [1.54, 1.807) is 4.89 Å². The number of benzene rings is 2. The highest BCUT2D eigenvalue weighted by molar-refractivity contribution is 9.10. The fourth-order valence-corrected chi connectivity index (χ4v) is 2.89. The van der Waals surface area contributed by atoms with Crippen LogP contribution in [0.25, 0.3) is 0 Å². The van der Waals surface area contributed by atoms with Gasteiger partial charge in [-0.25, -0.2) is 4.79 Å². The maximum atomic E-state index is 12.2. The number of nitrogens with one attached hydrogen (secondary N) is 1. The molecule has 0 bridgehead atoms. The van der Waals surface area contributed by atoms with Crippen LogP contribution in [-0.4, -0.2) is 14.7 Å². The first-order chi connectivity index (χ1) is 11.1. The van der Waals surface area contributed by atoms with Crippen LogP contribution in [0.1, 0.15) is 23.5 Å². The molecule has 0 aliphatic rings. The average Bonchev–Trinajstić information content (AvgIpc) is 2.55. The van der Waals surface area contributed by atoms with Crippen LogP contribution >= 0.6 is 15.9 Å². The zero-order valence-electron chi connectivity index (χ0n) is 12.1. The molecule has 2 unspecified atom stereocenters. The molecular weight excluding hydrogens is 382 g/mol. The van der Waals surface area contributed by atoms with E-state index in [1.807, 2.05) is 54.6 Å². The molecule has 2 atom stereocenters. The van der Waals surface area contributed by atoms with E-state index in [0.717, 1.165) is 15.6 Å². The molecule has 0 spiro atoms. The Hall–Kier alpha value is -1.54. The standard InChI is InChI=1S/C16H16BrNO4S/c17-15-9-5-4-8-13(15)10-11-14(12-6-2-1-3-7-12)16(19)22-18-23(20)21/h1-9,14,18H,10-11H2,(H,20,21)/p-1. The topological polar surface area (TPSA) is 78.5 Å². The molecule has 0 amide bonds. The van der Waals surface area contributed by atoms with Gasteiger partial charge in [-0.15, -0.1) is 0 Å². The van der Waals surface area contributed by atoms with Gasteiger partial charge < -0.3 is 9.39 Å². The van der Waals surface area contributed by atoms with Gasteiger partial charge in [0.15, 0.2) is 0 Å². The van der Waals surface area contributed by atoms with E-state index in [4.69, 9.17) is 0 Å². The third-order valence-electron chi connectivity index (χ3n) is 3.36. The van der Waals surface area contributed by atoms with E-state index >= 15 is 0 Å². The van der Waals surface area contributed by atoms with Crippen LogP contribution in [0.15, 0.2) is 59.1 Å². The lowest BCUT2D eigenvalue weighted by Crippen LogP contribution is -2.26. The molecule has 0 saturated carbocycles. The van der Waals surface area contributed by atoms with Gasteiger partial charge in [-0.3, -0.25) is 4.21 Å². The smallest absolute Gasteiger partial charge is 0.333 e. The van der Waals surface area contributed by atoms with Gasteiger partial charge in [-0.2, -0.15) is 0 Å². The van der Waals surface area contributed by atoms with E-state index in [1.165, 1.54) is 0 Å². The summed E-state index contributed by atoms with van der Waals surface area (Å²) < 4.78 is 22.0. The van der Waals surface area contributed by atoms with Gasteiger partial charge in [0, 0.05) is 4.47 Å². The van der Waals surface area contributed by atoms with E-state index < -0.39 is 23.2 Å². The molecule has 0 aliphatic heterocycles. The third kappa shape index (κ3) is 5.54. The highest BCUT2D eigenvalue weighted by Crippen LogP contribution is 2.25. The van der Waals surface area contributed by atoms with Crippen LogP contribution in [0.5, 0.6) is 0 Å². The second-order valence-corrected chi connectivity index (χ2v) is 6.32. The molecule has 0 fully saturated rings. The number of carbonyl (C=O) groups is 1. The highest BCUT2D eigenvalue weighted by atomic mass is 79.9. The summed E-state index contributed by atoms with van der Waals surface area (Å²) in [6.45, 7) is 0. The van der Waals surface area contributed by atoms with Crippen molar-refractivity contribution in [1.82, 2.24) is 4.89 Å². The maximum absolute atomic E-state index is 12.2. The molecule has 0 aromatic heterocycles. The molecule has 2 rings (SSSR count). The molecule has 0 heterocycles. The first-order valence-corrected chi connectivity index (χ1v) is 8.78. The second kappa shape index (κ2) is 8.93. The molecule has 0 aliphatic carbocycles. The summed E-state index contributed by atoms with van der Waals surface area (Å²) in [6.07, 6.45) is 1.15. The summed E-state index contributed by atoms with van der Waals surface area (Å²) >= 11 is 0.826. The van der Waals surface area contributed by atoms with Crippen molar-refractivity contribution in [3.8, 4) is 0 Å². The van der Waals surface area contributed by atoms with Gasteiger partial charge in [-0.05, 0) is 30.0 Å². The van der Waals surface area contributed by atoms with Crippen LogP contribution < -0.4 is 4.89 Å². The van der Waals surface area contributed by atoms with Gasteiger partial charge in [0.25, 0.3) is 0 Å². The van der Waals surface area contributed by atoms with Crippen molar-refractivity contribution in [1.29, 1.82) is 0 Å². The van der Waals surface area contributed by atoms with Crippen molar-refractivity contribution in [2.75, 3.05) is 0 Å². The number of carbonyl (C=O) groups excluding carboxylic acids is 1. The Bertz CT molecular complexity index is 681. The van der Waals surface area contributed by atoms with Crippen molar-refractivity contribution in [3.63, 3.8) is 0 Å². The zero-order chi connectivity index (χ0) is 16.7. The second-order valence-electron chi connectivity index (χ2n) is 4.83. The number of halogens is 1. The summed E-state index contributed by atoms with van der Waals surface area (Å²) in [5.74, 6) is -1.19. The molecule has 0 saturated heterocycles. The van der Waals surface area contributed by atoms with Crippen molar-refractivity contribution in [2.45, 2.75) is 18.8 Å². The number of hydrogen-bond donors (Lipinski definition) is 1. The minimum absolute atomic E-state index is 0.499. The summed E-state index contributed by atoms with van der Waals surface area (Å²) in [4.78, 5) is 18.5. The Labute approximate surface area is 145 Å². The zero-order valence-corrected chi connectivity index (χ0v) is 14.5. The first kappa shape index (κ1) is 17.8. The van der Waals surface area contributed by atoms with Crippen LogP contribution in [0.4, 0.5) is 0 Å². The normalized spacial score (nSPS) is 13.3. The highest BCUT2D eigenvalue weighted by Gasteiger charge is 2.22. The summed E-state index contributed by atoms with van der Waals surface area (Å²) in [5, 5.41) is 0. The average molecular weight is 397 g/mol. The van der Waals surface area contributed by atoms with Crippen molar-refractivity contribution >= 4 is 33.2 Å². The molecular formula is C16H15BrNO4S-. The summed E-state index contributed by atoms with van der Waals surface area (Å²) in [6, 6.07) is 16.9. The summed E-state index contributed by atoms with van der Waals surface area (Å²) in [5.41, 5.74) is 1.85. The third-order valence-corrected chi connectivity index (χ3v) is 4.35. The van der Waals surface area contributed by atoms with Crippen LogP contribution in [0, 0.1) is 0 Å². The predicted octanol–water partition coefficient (Wildman–Crippen LogP) is 3.01. The van der Waals surface area contributed by atoms with E-state index in [9.17, 15) is 13.6 Å². The fraction of sp³-hybridized carbons (Fsp3) is 0.188. The van der Waals surface area contributed by atoms with Crippen molar-refractivity contribution in [3.05, 3.63) is 70.2 Å². The van der Waals surface area contributed by atoms with Gasteiger partial charge in [-0.1, -0.05) is 69.3 Å². The van der Waals surface area contributed by atoms with E-state index in [2.05, 4.69) is 20.8 Å². The Morgan fingerprint density at radius 1 is 1.17 bits per heavy atom. The lowest BCUT2D eigenvalue weighted by molar-refractivity contribution is -0.149. The van der Waals surface area contributed by atoms with Crippen LogP contribution in [0.3, 0.4) is 0 Å². The number of aryl methyl sites for hydroxylation is 1. The van der Waals surface area contributed by atoms with Crippen molar-refractivity contribution < 1.29 is 18.4 Å².